The van der Waals surface area contributed by atoms with Gasteiger partial charge < -0.3 is 14.8 Å². The first-order valence-electron chi connectivity index (χ1n) is 8.95. The van der Waals surface area contributed by atoms with Gasteiger partial charge in [-0.25, -0.2) is 0 Å². The summed E-state index contributed by atoms with van der Waals surface area (Å²) in [5.41, 5.74) is 4.57. The highest BCUT2D eigenvalue weighted by atomic mass is 32.1. The Bertz CT molecular complexity index is 1140. The Morgan fingerprint density at radius 1 is 0.966 bits per heavy atom. The third-order valence-corrected chi connectivity index (χ3v) is 5.11. The van der Waals surface area contributed by atoms with E-state index in [-0.39, 0.29) is 11.9 Å². The minimum atomic E-state index is -0.438. The number of hydrogen-bond donors (Lipinski definition) is 2. The number of carbonyl (C=O) groups is 2. The van der Waals surface area contributed by atoms with Crippen molar-refractivity contribution >= 4 is 39.9 Å². The van der Waals surface area contributed by atoms with E-state index in [4.69, 9.17) is 21.7 Å². The molecular weight excluding hydrogens is 390 g/mol. The minimum Gasteiger partial charge on any atom is -0.454 e. The molecule has 29 heavy (non-hydrogen) atoms. The molecule has 3 aromatic rings. The molecule has 0 atom stereocenters. The van der Waals surface area contributed by atoms with Crippen molar-refractivity contribution in [1.29, 1.82) is 0 Å². The summed E-state index contributed by atoms with van der Waals surface area (Å²) in [4.78, 5) is 25.8. The maximum Gasteiger partial charge on any atom is 0.280 e. The number of thiocarbonyl (C=S) groups is 1. The first kappa shape index (κ1) is 17.4. The second-order valence-corrected chi connectivity index (χ2v) is 7.05. The van der Waals surface area contributed by atoms with Gasteiger partial charge in [-0.15, -0.1) is 0 Å². The van der Waals surface area contributed by atoms with Crippen molar-refractivity contribution in [2.24, 2.45) is 0 Å². The van der Waals surface area contributed by atoms with Crippen molar-refractivity contribution in [2.45, 2.75) is 6.54 Å². The molecule has 3 aromatic carbocycles. The van der Waals surface area contributed by atoms with Crippen LogP contribution in [0.1, 0.15) is 26.3 Å². The van der Waals surface area contributed by atoms with Crippen LogP contribution in [0.25, 0.3) is 10.8 Å². The lowest BCUT2D eigenvalue weighted by molar-refractivity contribution is 0.0566. The number of nitrogens with one attached hydrogen (secondary N) is 2. The molecule has 0 aromatic heterocycles. The molecule has 0 unspecified atom stereocenters. The van der Waals surface area contributed by atoms with Crippen LogP contribution in [0.15, 0.2) is 54.6 Å². The number of fused-ring (bicyclic) bond motifs is 1. The van der Waals surface area contributed by atoms with E-state index < -0.39 is 11.8 Å². The second kappa shape index (κ2) is 6.75. The summed E-state index contributed by atoms with van der Waals surface area (Å²) in [5, 5.41) is 5.64. The molecule has 0 fully saturated rings. The molecule has 0 spiro atoms. The van der Waals surface area contributed by atoms with Crippen LogP contribution >= 0.6 is 12.2 Å². The minimum absolute atomic E-state index is 0.163. The number of rotatable bonds is 3. The Morgan fingerprint density at radius 2 is 1.66 bits per heavy atom. The molecular formula is C21H15N3O4S. The van der Waals surface area contributed by atoms with E-state index in [2.05, 4.69) is 10.7 Å². The topological polar surface area (TPSA) is 79.9 Å². The van der Waals surface area contributed by atoms with Crippen LogP contribution in [0.3, 0.4) is 0 Å². The Morgan fingerprint density at radius 3 is 2.38 bits per heavy atom. The number of hydrogen-bond acceptors (Lipinski definition) is 5. The summed E-state index contributed by atoms with van der Waals surface area (Å²) in [7, 11) is 0. The number of hydrazine groups is 1. The third kappa shape index (κ3) is 2.94. The fourth-order valence-electron chi connectivity index (χ4n) is 3.51. The lowest BCUT2D eigenvalue weighted by Crippen LogP contribution is -2.54. The zero-order valence-corrected chi connectivity index (χ0v) is 15.9. The van der Waals surface area contributed by atoms with E-state index in [0.29, 0.717) is 34.6 Å². The predicted molar refractivity (Wildman–Crippen MR) is 110 cm³/mol. The highest BCUT2D eigenvalue weighted by Crippen LogP contribution is 2.32. The van der Waals surface area contributed by atoms with Crippen molar-refractivity contribution in [3.63, 3.8) is 0 Å². The van der Waals surface area contributed by atoms with Gasteiger partial charge in [0.05, 0.1) is 11.1 Å². The van der Waals surface area contributed by atoms with E-state index >= 15 is 0 Å². The third-order valence-electron chi connectivity index (χ3n) is 4.88. The van der Waals surface area contributed by atoms with Crippen LogP contribution < -0.4 is 20.2 Å². The smallest absolute Gasteiger partial charge is 0.280 e. The molecule has 0 bridgehead atoms. The standard InChI is InChI=1S/C21H15N3O4S/c25-19-14-5-1-3-13-4-2-6-15(18(13)14)20(26)24(19)23-21(29)22-10-12-7-8-16-17(9-12)28-11-27-16/h1-9H,10-11H2,(H2,22,23,29). The molecule has 5 rings (SSSR count). The van der Waals surface area contributed by atoms with Gasteiger partial charge in [0.1, 0.15) is 0 Å². The van der Waals surface area contributed by atoms with E-state index in [1.165, 1.54) is 0 Å². The molecule has 2 heterocycles. The lowest BCUT2D eigenvalue weighted by Gasteiger charge is -2.28. The normalized spacial score (nSPS) is 14.3. The van der Waals surface area contributed by atoms with Gasteiger partial charge in [0.25, 0.3) is 11.8 Å². The summed E-state index contributed by atoms with van der Waals surface area (Å²) in [6, 6.07) is 16.3. The van der Waals surface area contributed by atoms with Gasteiger partial charge >= 0.3 is 0 Å². The lowest BCUT2D eigenvalue weighted by atomic mass is 9.95. The van der Waals surface area contributed by atoms with E-state index in [0.717, 1.165) is 16.0 Å². The Labute approximate surface area is 171 Å². The van der Waals surface area contributed by atoms with Gasteiger partial charge in [-0.05, 0) is 47.4 Å². The van der Waals surface area contributed by atoms with Crippen molar-refractivity contribution in [3.05, 3.63) is 71.3 Å². The predicted octanol–water partition coefficient (Wildman–Crippen LogP) is 2.74. The average molecular weight is 405 g/mol. The molecule has 2 aliphatic heterocycles. The largest absolute Gasteiger partial charge is 0.454 e. The van der Waals surface area contributed by atoms with Crippen molar-refractivity contribution < 1.29 is 19.1 Å². The molecule has 8 heteroatoms. The maximum atomic E-state index is 12.9. The van der Waals surface area contributed by atoms with Crippen molar-refractivity contribution in [1.82, 2.24) is 15.8 Å². The van der Waals surface area contributed by atoms with Crippen LogP contribution in [-0.4, -0.2) is 28.7 Å². The highest BCUT2D eigenvalue weighted by molar-refractivity contribution is 7.80. The number of amides is 2. The van der Waals surface area contributed by atoms with Gasteiger partial charge in [-0.2, -0.15) is 5.01 Å². The molecule has 7 nitrogen and oxygen atoms in total. The number of nitrogens with zero attached hydrogens (tertiary/aromatic N) is 1. The van der Waals surface area contributed by atoms with Crippen LogP contribution in [-0.2, 0) is 6.54 Å². The fraction of sp³-hybridized carbons (Fsp3) is 0.0952. The van der Waals surface area contributed by atoms with Gasteiger partial charge in [-0.3, -0.25) is 15.0 Å². The monoisotopic (exact) mass is 405 g/mol. The average Bonchev–Trinajstić information content (AvgIpc) is 3.21. The molecule has 144 valence electrons. The first-order chi connectivity index (χ1) is 14.1. The number of carbonyl (C=O) groups excluding carboxylic acids is 2. The molecule has 0 aliphatic carbocycles. The first-order valence-corrected chi connectivity index (χ1v) is 9.36. The second-order valence-electron chi connectivity index (χ2n) is 6.64. The van der Waals surface area contributed by atoms with Crippen LogP contribution in [0.4, 0.5) is 0 Å². The van der Waals surface area contributed by atoms with Gasteiger partial charge in [0.15, 0.2) is 16.6 Å². The van der Waals surface area contributed by atoms with Crippen LogP contribution in [0.2, 0.25) is 0 Å². The number of ether oxygens (including phenoxy) is 2. The van der Waals surface area contributed by atoms with Gasteiger partial charge in [-0.1, -0.05) is 30.3 Å². The molecule has 2 N–H and O–H groups in total. The summed E-state index contributed by atoms with van der Waals surface area (Å²) >= 11 is 5.29. The Balaban J connectivity index is 1.32. The quantitative estimate of drug-likeness (QED) is 0.512. The summed E-state index contributed by atoms with van der Waals surface area (Å²) in [5.74, 6) is 0.499. The number of imide groups is 1. The van der Waals surface area contributed by atoms with Gasteiger partial charge in [0, 0.05) is 11.9 Å². The zero-order chi connectivity index (χ0) is 20.0. The van der Waals surface area contributed by atoms with E-state index in [1.54, 1.807) is 24.3 Å². The van der Waals surface area contributed by atoms with E-state index in [1.807, 2.05) is 30.3 Å². The molecule has 2 aliphatic rings. The molecule has 0 radical (unpaired) electrons. The summed E-state index contributed by atoms with van der Waals surface area (Å²) in [6.07, 6.45) is 0. The van der Waals surface area contributed by atoms with Crippen molar-refractivity contribution in [2.75, 3.05) is 6.79 Å². The Kier molecular flexibility index (Phi) is 4.06. The fourth-order valence-corrected chi connectivity index (χ4v) is 3.67. The maximum absolute atomic E-state index is 12.9. The Hall–Kier alpha value is -3.65. The van der Waals surface area contributed by atoms with Crippen molar-refractivity contribution in [3.8, 4) is 11.5 Å². The molecule has 0 saturated heterocycles. The molecule has 2 amide bonds. The molecule has 0 saturated carbocycles. The van der Waals surface area contributed by atoms with Crippen LogP contribution in [0.5, 0.6) is 11.5 Å². The SMILES string of the molecule is O=C1c2cccc3cccc(c23)C(=O)N1NC(=S)NCc1ccc2c(c1)OCO2. The zero-order valence-electron chi connectivity index (χ0n) is 15.1. The van der Waals surface area contributed by atoms with Gasteiger partial charge in [0.2, 0.25) is 6.79 Å². The highest BCUT2D eigenvalue weighted by Gasteiger charge is 2.33. The summed E-state index contributed by atoms with van der Waals surface area (Å²) in [6.45, 7) is 0.602. The van der Waals surface area contributed by atoms with E-state index in [9.17, 15) is 9.59 Å². The number of benzene rings is 3. The summed E-state index contributed by atoms with van der Waals surface area (Å²) < 4.78 is 10.7. The van der Waals surface area contributed by atoms with Crippen LogP contribution in [0, 0.1) is 0 Å².